The second-order valence-corrected chi connectivity index (χ2v) is 3.33. The number of nitrogens with one attached hydrogen (secondary N) is 1. The van der Waals surface area contributed by atoms with E-state index >= 15 is 0 Å². The first-order chi connectivity index (χ1) is 7.65. The van der Waals surface area contributed by atoms with Gasteiger partial charge in [0.25, 0.3) is 5.56 Å². The summed E-state index contributed by atoms with van der Waals surface area (Å²) in [4.78, 5) is 23.6. The maximum Gasteiger partial charge on any atom is 0.331 e. The first-order valence-electron chi connectivity index (χ1n) is 5.34. The van der Waals surface area contributed by atoms with Crippen LogP contribution < -0.4 is 16.6 Å². The van der Waals surface area contributed by atoms with Crippen molar-refractivity contribution in [2.75, 3.05) is 11.9 Å². The summed E-state index contributed by atoms with van der Waals surface area (Å²) < 4.78 is 2.73. The maximum atomic E-state index is 11.8. The van der Waals surface area contributed by atoms with Crippen LogP contribution in [0.1, 0.15) is 13.8 Å². The first kappa shape index (κ1) is 12.3. The SMILES string of the molecule is C=CCNc1cn(CC)c(=O)n(CC)c1=O. The predicted molar refractivity (Wildman–Crippen MR) is 65.0 cm³/mol. The summed E-state index contributed by atoms with van der Waals surface area (Å²) in [5.41, 5.74) is -0.110. The number of nitrogens with zero attached hydrogens (tertiary/aromatic N) is 2. The van der Waals surface area contributed by atoms with Gasteiger partial charge >= 0.3 is 5.69 Å². The van der Waals surface area contributed by atoms with Crippen molar-refractivity contribution in [2.24, 2.45) is 0 Å². The Hall–Kier alpha value is -1.78. The van der Waals surface area contributed by atoms with E-state index in [0.717, 1.165) is 0 Å². The van der Waals surface area contributed by atoms with Gasteiger partial charge in [0.2, 0.25) is 0 Å². The van der Waals surface area contributed by atoms with Gasteiger partial charge in [0.15, 0.2) is 0 Å². The van der Waals surface area contributed by atoms with Gasteiger partial charge in [-0.05, 0) is 13.8 Å². The van der Waals surface area contributed by atoms with Crippen LogP contribution in [0.25, 0.3) is 0 Å². The minimum atomic E-state index is -0.279. The molecule has 0 aliphatic rings. The van der Waals surface area contributed by atoms with Crippen LogP contribution in [0, 0.1) is 0 Å². The number of hydrogen-bond acceptors (Lipinski definition) is 3. The summed E-state index contributed by atoms with van der Waals surface area (Å²) in [5, 5.41) is 2.93. The van der Waals surface area contributed by atoms with Crippen LogP contribution >= 0.6 is 0 Å². The van der Waals surface area contributed by atoms with Gasteiger partial charge in [-0.2, -0.15) is 0 Å². The van der Waals surface area contributed by atoms with Crippen molar-refractivity contribution >= 4 is 5.69 Å². The monoisotopic (exact) mass is 223 g/mol. The number of anilines is 1. The zero-order chi connectivity index (χ0) is 12.1. The van der Waals surface area contributed by atoms with Crippen molar-refractivity contribution in [1.82, 2.24) is 9.13 Å². The fourth-order valence-corrected chi connectivity index (χ4v) is 1.46. The highest BCUT2D eigenvalue weighted by atomic mass is 16.2. The van der Waals surface area contributed by atoms with Crippen molar-refractivity contribution in [1.29, 1.82) is 0 Å². The molecule has 0 fully saturated rings. The minimum absolute atomic E-state index is 0.265. The van der Waals surface area contributed by atoms with Gasteiger partial charge in [-0.25, -0.2) is 4.79 Å². The molecule has 0 unspecified atom stereocenters. The lowest BCUT2D eigenvalue weighted by molar-refractivity contribution is 0.589. The third kappa shape index (κ3) is 2.24. The summed E-state index contributed by atoms with van der Waals surface area (Å²) in [6.07, 6.45) is 3.22. The van der Waals surface area contributed by atoms with Crippen molar-refractivity contribution in [2.45, 2.75) is 26.9 Å². The number of aromatic nitrogens is 2. The number of aryl methyl sites for hydroxylation is 1. The molecule has 1 rings (SSSR count). The fourth-order valence-electron chi connectivity index (χ4n) is 1.46. The Labute approximate surface area is 94.0 Å². The number of rotatable bonds is 5. The molecular formula is C11H17N3O2. The molecule has 0 radical (unpaired) electrons. The Kier molecular flexibility index (Phi) is 4.10. The van der Waals surface area contributed by atoms with E-state index < -0.39 is 0 Å². The van der Waals surface area contributed by atoms with E-state index in [-0.39, 0.29) is 11.2 Å². The zero-order valence-electron chi connectivity index (χ0n) is 9.69. The van der Waals surface area contributed by atoms with Crippen LogP contribution in [0.5, 0.6) is 0 Å². The summed E-state index contributed by atoms with van der Waals surface area (Å²) in [6, 6.07) is 0. The largest absolute Gasteiger partial charge is 0.376 e. The van der Waals surface area contributed by atoms with Crippen molar-refractivity contribution in [3.63, 3.8) is 0 Å². The lowest BCUT2D eigenvalue weighted by atomic mass is 10.4. The quantitative estimate of drug-likeness (QED) is 0.746. The molecule has 1 heterocycles. The highest BCUT2D eigenvalue weighted by Crippen LogP contribution is 1.96. The molecule has 0 bridgehead atoms. The molecule has 0 aliphatic carbocycles. The van der Waals surface area contributed by atoms with Crippen LogP contribution in [0.15, 0.2) is 28.4 Å². The molecular weight excluding hydrogens is 206 g/mol. The van der Waals surface area contributed by atoms with Gasteiger partial charge in [0.1, 0.15) is 5.69 Å². The normalized spacial score (nSPS) is 10.1. The first-order valence-corrected chi connectivity index (χ1v) is 5.34. The summed E-state index contributed by atoms with van der Waals surface area (Å²) in [7, 11) is 0. The molecule has 0 aromatic carbocycles. The Morgan fingerprint density at radius 2 is 2.06 bits per heavy atom. The van der Waals surface area contributed by atoms with E-state index in [0.29, 0.717) is 25.3 Å². The molecule has 1 N–H and O–H groups in total. The second-order valence-electron chi connectivity index (χ2n) is 3.33. The standard InChI is InChI=1S/C11H17N3O2/c1-4-7-12-9-8-13(5-2)11(16)14(6-3)10(9)15/h4,8,12H,1,5-7H2,2-3H3. The van der Waals surface area contributed by atoms with Gasteiger partial charge in [-0.15, -0.1) is 6.58 Å². The van der Waals surface area contributed by atoms with E-state index in [1.807, 2.05) is 6.92 Å². The highest BCUT2D eigenvalue weighted by Gasteiger charge is 2.08. The molecule has 1 aromatic heterocycles. The molecule has 0 saturated heterocycles. The van der Waals surface area contributed by atoms with Gasteiger partial charge in [0.05, 0.1) is 0 Å². The summed E-state index contributed by atoms with van der Waals surface area (Å²) in [6.45, 7) is 8.63. The smallest absolute Gasteiger partial charge is 0.331 e. The Balaban J connectivity index is 3.34. The van der Waals surface area contributed by atoms with Crippen molar-refractivity contribution in [3.8, 4) is 0 Å². The van der Waals surface area contributed by atoms with Crippen LogP contribution in [0.2, 0.25) is 0 Å². The Morgan fingerprint density at radius 1 is 1.38 bits per heavy atom. The van der Waals surface area contributed by atoms with Crippen LogP contribution in [-0.2, 0) is 13.1 Å². The maximum absolute atomic E-state index is 11.8. The van der Waals surface area contributed by atoms with Crippen LogP contribution in [0.4, 0.5) is 5.69 Å². The van der Waals surface area contributed by atoms with E-state index in [2.05, 4.69) is 11.9 Å². The highest BCUT2D eigenvalue weighted by molar-refractivity contribution is 5.38. The van der Waals surface area contributed by atoms with Crippen molar-refractivity contribution in [3.05, 3.63) is 39.7 Å². The molecule has 16 heavy (non-hydrogen) atoms. The molecule has 1 aromatic rings. The molecule has 88 valence electrons. The second kappa shape index (κ2) is 5.34. The molecule has 5 heteroatoms. The Bertz CT molecular complexity index is 485. The Morgan fingerprint density at radius 3 is 2.56 bits per heavy atom. The fraction of sp³-hybridized carbons (Fsp3) is 0.455. The summed E-state index contributed by atoms with van der Waals surface area (Å²) in [5.74, 6) is 0. The zero-order valence-corrected chi connectivity index (χ0v) is 9.69. The van der Waals surface area contributed by atoms with E-state index in [9.17, 15) is 9.59 Å². The average molecular weight is 223 g/mol. The van der Waals surface area contributed by atoms with E-state index in [4.69, 9.17) is 0 Å². The van der Waals surface area contributed by atoms with E-state index in [1.54, 1.807) is 19.2 Å². The van der Waals surface area contributed by atoms with Gasteiger partial charge in [-0.1, -0.05) is 6.08 Å². The van der Waals surface area contributed by atoms with E-state index in [1.165, 1.54) is 9.13 Å². The molecule has 5 nitrogen and oxygen atoms in total. The van der Waals surface area contributed by atoms with Gasteiger partial charge in [-0.3, -0.25) is 13.9 Å². The molecule has 0 amide bonds. The van der Waals surface area contributed by atoms with Gasteiger partial charge in [0, 0.05) is 25.8 Å². The average Bonchev–Trinajstić information content (AvgIpc) is 2.29. The third-order valence-electron chi connectivity index (χ3n) is 2.33. The van der Waals surface area contributed by atoms with Crippen LogP contribution in [0.3, 0.4) is 0 Å². The van der Waals surface area contributed by atoms with Crippen LogP contribution in [-0.4, -0.2) is 15.7 Å². The predicted octanol–water partition coefficient (Wildman–Crippen LogP) is 0.648. The molecule has 0 aliphatic heterocycles. The van der Waals surface area contributed by atoms with Gasteiger partial charge < -0.3 is 5.32 Å². The molecule has 0 saturated carbocycles. The van der Waals surface area contributed by atoms with Crippen molar-refractivity contribution < 1.29 is 0 Å². The lowest BCUT2D eigenvalue weighted by Crippen LogP contribution is -2.40. The minimum Gasteiger partial charge on any atom is -0.376 e. The molecule has 0 spiro atoms. The molecule has 0 atom stereocenters. The third-order valence-corrected chi connectivity index (χ3v) is 2.33. The lowest BCUT2D eigenvalue weighted by Gasteiger charge is -2.10. The summed E-state index contributed by atoms with van der Waals surface area (Å²) >= 11 is 0. The number of hydrogen-bond donors (Lipinski definition) is 1. The topological polar surface area (TPSA) is 56.0 Å².